The first-order chi connectivity index (χ1) is 10.7. The summed E-state index contributed by atoms with van der Waals surface area (Å²) in [6.45, 7) is 2.15. The van der Waals surface area contributed by atoms with Crippen LogP contribution in [0, 0.1) is 5.92 Å². The minimum Gasteiger partial charge on any atom is -0.451 e. The molecule has 5 heteroatoms. The monoisotopic (exact) mass is 319 g/mol. The van der Waals surface area contributed by atoms with Crippen molar-refractivity contribution in [2.24, 2.45) is 5.92 Å². The molecule has 1 amide bonds. The largest absolute Gasteiger partial charge is 0.451 e. The highest BCUT2D eigenvalue weighted by Crippen LogP contribution is 2.29. The first kappa shape index (κ1) is 15.1. The molecule has 1 fully saturated rings. The molecule has 1 N–H and O–H groups in total. The van der Waals surface area contributed by atoms with E-state index in [2.05, 4.69) is 5.32 Å². The number of carbonyl (C=O) groups excluding carboxylic acids is 1. The molecular weight excluding hydrogens is 302 g/mol. The predicted octanol–water partition coefficient (Wildman–Crippen LogP) is 3.76. The number of ether oxygens (including phenoxy) is 1. The third kappa shape index (κ3) is 3.51. The molecule has 0 unspecified atom stereocenters. The van der Waals surface area contributed by atoms with Gasteiger partial charge in [-0.2, -0.15) is 0 Å². The lowest BCUT2D eigenvalue weighted by Gasteiger charge is -2.21. The fourth-order valence-corrected chi connectivity index (χ4v) is 2.79. The lowest BCUT2D eigenvalue weighted by atomic mass is 10.0. The molecule has 1 aliphatic heterocycles. The van der Waals surface area contributed by atoms with Crippen LogP contribution in [0.2, 0.25) is 5.02 Å². The SMILES string of the molecule is O=C(NC[C@H]1CCCOC1)c1ccc(-c2ccccc2Cl)o1. The van der Waals surface area contributed by atoms with Crippen molar-refractivity contribution in [2.75, 3.05) is 19.8 Å². The molecule has 2 aromatic rings. The molecule has 22 heavy (non-hydrogen) atoms. The summed E-state index contributed by atoms with van der Waals surface area (Å²) in [5.74, 6) is 1.07. The van der Waals surface area contributed by atoms with Crippen LogP contribution in [0.4, 0.5) is 0 Å². The lowest BCUT2D eigenvalue weighted by Crippen LogP contribution is -2.33. The summed E-state index contributed by atoms with van der Waals surface area (Å²) in [6, 6.07) is 10.8. The number of carbonyl (C=O) groups is 1. The molecule has 4 nitrogen and oxygen atoms in total. The maximum atomic E-state index is 12.1. The number of hydrogen-bond acceptors (Lipinski definition) is 3. The van der Waals surface area contributed by atoms with E-state index in [0.717, 1.165) is 25.0 Å². The van der Waals surface area contributed by atoms with Gasteiger partial charge in [0.15, 0.2) is 5.76 Å². The Kier molecular flexibility index (Phi) is 4.80. The first-order valence-corrected chi connectivity index (χ1v) is 7.82. The van der Waals surface area contributed by atoms with Crippen molar-refractivity contribution < 1.29 is 13.9 Å². The van der Waals surface area contributed by atoms with Gasteiger partial charge in [0.25, 0.3) is 5.91 Å². The average molecular weight is 320 g/mol. The summed E-state index contributed by atoms with van der Waals surface area (Å²) >= 11 is 6.14. The number of rotatable bonds is 4. The van der Waals surface area contributed by atoms with Crippen molar-refractivity contribution >= 4 is 17.5 Å². The standard InChI is InChI=1S/C17H18ClNO3/c18-14-6-2-1-5-13(14)15-7-8-16(22-15)17(20)19-10-12-4-3-9-21-11-12/h1-2,5-8,12H,3-4,9-11H2,(H,19,20)/t12-/m1/s1. The second-order valence-electron chi connectivity index (χ2n) is 5.44. The zero-order chi connectivity index (χ0) is 15.4. The van der Waals surface area contributed by atoms with Gasteiger partial charge in [0.2, 0.25) is 0 Å². The molecule has 1 atom stereocenters. The van der Waals surface area contributed by atoms with Crippen molar-refractivity contribution in [3.8, 4) is 11.3 Å². The Balaban J connectivity index is 1.63. The number of benzene rings is 1. The summed E-state index contributed by atoms with van der Waals surface area (Å²) in [6.07, 6.45) is 2.14. The summed E-state index contributed by atoms with van der Waals surface area (Å²) in [5.41, 5.74) is 0.781. The van der Waals surface area contributed by atoms with Crippen molar-refractivity contribution in [3.63, 3.8) is 0 Å². The Morgan fingerprint density at radius 1 is 1.27 bits per heavy atom. The van der Waals surface area contributed by atoms with Gasteiger partial charge in [-0.25, -0.2) is 0 Å². The van der Waals surface area contributed by atoms with Crippen LogP contribution < -0.4 is 5.32 Å². The molecule has 0 aliphatic carbocycles. The van der Waals surface area contributed by atoms with E-state index in [9.17, 15) is 4.79 Å². The third-order valence-electron chi connectivity index (χ3n) is 3.77. The minimum atomic E-state index is -0.205. The topological polar surface area (TPSA) is 51.5 Å². The van der Waals surface area contributed by atoms with Crippen LogP contribution >= 0.6 is 11.6 Å². The van der Waals surface area contributed by atoms with Crippen LogP contribution in [-0.4, -0.2) is 25.7 Å². The summed E-state index contributed by atoms with van der Waals surface area (Å²) in [4.78, 5) is 12.1. The Morgan fingerprint density at radius 3 is 2.91 bits per heavy atom. The van der Waals surface area contributed by atoms with Crippen LogP contribution in [0.15, 0.2) is 40.8 Å². The highest BCUT2D eigenvalue weighted by atomic mass is 35.5. The Hall–Kier alpha value is -1.78. The van der Waals surface area contributed by atoms with E-state index in [1.807, 2.05) is 18.2 Å². The highest BCUT2D eigenvalue weighted by Gasteiger charge is 2.17. The van der Waals surface area contributed by atoms with Gasteiger partial charge in [0, 0.05) is 18.7 Å². The fourth-order valence-electron chi connectivity index (χ4n) is 2.56. The van der Waals surface area contributed by atoms with E-state index >= 15 is 0 Å². The van der Waals surface area contributed by atoms with Crippen molar-refractivity contribution in [2.45, 2.75) is 12.8 Å². The second-order valence-corrected chi connectivity index (χ2v) is 5.84. The molecule has 3 rings (SSSR count). The normalized spacial score (nSPS) is 18.1. The van der Waals surface area contributed by atoms with Crippen molar-refractivity contribution in [3.05, 3.63) is 47.2 Å². The van der Waals surface area contributed by atoms with Crippen molar-refractivity contribution in [1.82, 2.24) is 5.32 Å². The minimum absolute atomic E-state index is 0.205. The summed E-state index contributed by atoms with van der Waals surface area (Å²) in [7, 11) is 0. The van der Waals surface area contributed by atoms with Gasteiger partial charge in [0.05, 0.1) is 11.6 Å². The van der Waals surface area contributed by atoms with Crippen LogP contribution in [0.25, 0.3) is 11.3 Å². The Labute approximate surface area is 134 Å². The van der Waals surface area contributed by atoms with Crippen LogP contribution in [0.3, 0.4) is 0 Å². The first-order valence-electron chi connectivity index (χ1n) is 7.45. The summed E-state index contributed by atoms with van der Waals surface area (Å²) in [5, 5.41) is 3.50. The fraction of sp³-hybridized carbons (Fsp3) is 0.353. The number of nitrogens with one attached hydrogen (secondary N) is 1. The molecule has 1 aliphatic rings. The third-order valence-corrected chi connectivity index (χ3v) is 4.10. The zero-order valence-electron chi connectivity index (χ0n) is 12.2. The van der Waals surface area contributed by atoms with Gasteiger partial charge in [-0.15, -0.1) is 0 Å². The molecule has 0 saturated carbocycles. The molecule has 1 aromatic carbocycles. The molecule has 2 heterocycles. The average Bonchev–Trinajstić information content (AvgIpc) is 3.04. The van der Waals surface area contributed by atoms with Gasteiger partial charge < -0.3 is 14.5 Å². The van der Waals surface area contributed by atoms with Gasteiger partial charge in [-0.3, -0.25) is 4.79 Å². The van der Waals surface area contributed by atoms with E-state index in [1.54, 1.807) is 18.2 Å². The molecule has 0 bridgehead atoms. The molecular formula is C17H18ClNO3. The van der Waals surface area contributed by atoms with E-state index < -0.39 is 0 Å². The predicted molar refractivity (Wildman–Crippen MR) is 85.0 cm³/mol. The molecule has 0 radical (unpaired) electrons. The van der Waals surface area contributed by atoms with E-state index in [-0.39, 0.29) is 5.91 Å². The van der Waals surface area contributed by atoms with Gasteiger partial charge >= 0.3 is 0 Å². The Morgan fingerprint density at radius 2 is 2.14 bits per heavy atom. The molecule has 1 aromatic heterocycles. The number of halogens is 1. The molecule has 116 valence electrons. The Bertz CT molecular complexity index is 647. The van der Waals surface area contributed by atoms with Crippen molar-refractivity contribution in [1.29, 1.82) is 0 Å². The zero-order valence-corrected chi connectivity index (χ0v) is 12.9. The molecule has 0 spiro atoms. The highest BCUT2D eigenvalue weighted by molar-refractivity contribution is 6.33. The second kappa shape index (κ2) is 6.99. The maximum Gasteiger partial charge on any atom is 0.287 e. The summed E-state index contributed by atoms with van der Waals surface area (Å²) < 4.78 is 11.0. The van der Waals surface area contributed by atoms with Crippen LogP contribution in [0.5, 0.6) is 0 Å². The van der Waals surface area contributed by atoms with Gasteiger partial charge in [-0.05, 0) is 43.0 Å². The quantitative estimate of drug-likeness (QED) is 0.933. The van der Waals surface area contributed by atoms with Crippen LogP contribution in [-0.2, 0) is 4.74 Å². The maximum absolute atomic E-state index is 12.1. The smallest absolute Gasteiger partial charge is 0.287 e. The number of hydrogen-bond donors (Lipinski definition) is 1. The van der Waals surface area contributed by atoms with Crippen LogP contribution in [0.1, 0.15) is 23.4 Å². The van der Waals surface area contributed by atoms with Gasteiger partial charge in [-0.1, -0.05) is 23.7 Å². The van der Waals surface area contributed by atoms with E-state index in [1.165, 1.54) is 0 Å². The number of furan rings is 1. The van der Waals surface area contributed by atoms with Gasteiger partial charge in [0.1, 0.15) is 5.76 Å². The molecule has 1 saturated heterocycles. The lowest BCUT2D eigenvalue weighted by molar-refractivity contribution is 0.0533. The van der Waals surface area contributed by atoms with E-state index in [0.29, 0.717) is 35.6 Å². The van der Waals surface area contributed by atoms with E-state index in [4.69, 9.17) is 20.8 Å². The number of amides is 1.